The highest BCUT2D eigenvalue weighted by atomic mass is 32.2. The zero-order valence-electron chi connectivity index (χ0n) is 11.2. The van der Waals surface area contributed by atoms with E-state index >= 15 is 0 Å². The first kappa shape index (κ1) is 17.2. The standard InChI is InChI=1S/C11H18F3N3O2S/c1-17(8-2-7-15)20(18,19)16-10-5-3-9(4-6-10)11(12,13)14/h9-10,16H,2-6,8H2,1H3. The highest BCUT2D eigenvalue weighted by Gasteiger charge is 2.42. The van der Waals surface area contributed by atoms with Crippen LogP contribution in [0.15, 0.2) is 0 Å². The van der Waals surface area contributed by atoms with E-state index in [0.717, 1.165) is 4.31 Å². The SMILES string of the molecule is CN(CCC#N)S(=O)(=O)NC1CCC(C(F)(F)F)CC1. The van der Waals surface area contributed by atoms with Crippen molar-refractivity contribution in [3.05, 3.63) is 0 Å². The molecule has 1 saturated carbocycles. The number of hydrogen-bond donors (Lipinski definition) is 1. The summed E-state index contributed by atoms with van der Waals surface area (Å²) in [5, 5.41) is 8.41. The molecule has 1 N–H and O–H groups in total. The average Bonchev–Trinajstić information content (AvgIpc) is 2.34. The molecular formula is C11H18F3N3O2S. The summed E-state index contributed by atoms with van der Waals surface area (Å²) in [6.45, 7) is 0.0593. The Balaban J connectivity index is 2.49. The highest BCUT2D eigenvalue weighted by Crippen LogP contribution is 2.37. The average molecular weight is 313 g/mol. The van der Waals surface area contributed by atoms with Gasteiger partial charge in [0.15, 0.2) is 0 Å². The van der Waals surface area contributed by atoms with E-state index in [4.69, 9.17) is 5.26 Å². The molecule has 20 heavy (non-hydrogen) atoms. The summed E-state index contributed by atoms with van der Waals surface area (Å²) in [5.41, 5.74) is 0. The molecule has 1 aliphatic carbocycles. The smallest absolute Gasteiger partial charge is 0.199 e. The summed E-state index contributed by atoms with van der Waals surface area (Å²) in [4.78, 5) is 0. The summed E-state index contributed by atoms with van der Waals surface area (Å²) in [7, 11) is -2.40. The molecule has 0 spiro atoms. The zero-order chi connectivity index (χ0) is 15.4. The quantitative estimate of drug-likeness (QED) is 0.841. The first-order chi connectivity index (χ1) is 9.16. The minimum atomic E-state index is -4.20. The van der Waals surface area contributed by atoms with Crippen molar-refractivity contribution in [2.24, 2.45) is 5.92 Å². The number of halogens is 3. The third-order valence-corrected chi connectivity index (χ3v) is 5.09. The molecular weight excluding hydrogens is 295 g/mol. The van der Waals surface area contributed by atoms with Crippen molar-refractivity contribution >= 4 is 10.2 Å². The summed E-state index contributed by atoms with van der Waals surface area (Å²) in [6, 6.07) is 1.37. The Labute approximate surface area is 116 Å². The van der Waals surface area contributed by atoms with Crippen LogP contribution in [0.1, 0.15) is 32.1 Å². The Morgan fingerprint density at radius 1 is 1.30 bits per heavy atom. The van der Waals surface area contributed by atoms with Crippen LogP contribution >= 0.6 is 0 Å². The molecule has 0 bridgehead atoms. The molecule has 1 rings (SSSR count). The molecule has 0 radical (unpaired) electrons. The van der Waals surface area contributed by atoms with Gasteiger partial charge in [-0.2, -0.15) is 35.9 Å². The molecule has 0 aromatic heterocycles. The third-order valence-electron chi connectivity index (χ3n) is 3.45. The van der Waals surface area contributed by atoms with Crippen LogP contribution in [0.25, 0.3) is 0 Å². The predicted molar refractivity (Wildman–Crippen MR) is 66.7 cm³/mol. The maximum Gasteiger partial charge on any atom is 0.391 e. The largest absolute Gasteiger partial charge is 0.391 e. The van der Waals surface area contributed by atoms with Gasteiger partial charge in [-0.05, 0) is 25.7 Å². The molecule has 1 aliphatic rings. The van der Waals surface area contributed by atoms with Crippen LogP contribution in [0.5, 0.6) is 0 Å². The van der Waals surface area contributed by atoms with Gasteiger partial charge in [-0.25, -0.2) is 0 Å². The molecule has 0 heterocycles. The van der Waals surface area contributed by atoms with Crippen molar-refractivity contribution in [1.29, 1.82) is 5.26 Å². The fourth-order valence-corrected chi connectivity index (χ4v) is 3.34. The van der Waals surface area contributed by atoms with Crippen molar-refractivity contribution in [3.8, 4) is 6.07 Å². The van der Waals surface area contributed by atoms with Crippen molar-refractivity contribution in [1.82, 2.24) is 9.03 Å². The number of hydrogen-bond acceptors (Lipinski definition) is 3. The molecule has 9 heteroatoms. The van der Waals surface area contributed by atoms with Crippen LogP contribution < -0.4 is 4.72 Å². The first-order valence-electron chi connectivity index (χ1n) is 6.34. The maximum atomic E-state index is 12.5. The lowest BCUT2D eigenvalue weighted by Crippen LogP contribution is -2.46. The predicted octanol–water partition coefficient (Wildman–Crippen LogP) is 1.79. The summed E-state index contributed by atoms with van der Waals surface area (Å²) >= 11 is 0. The second kappa shape index (κ2) is 6.74. The molecule has 0 aromatic carbocycles. The van der Waals surface area contributed by atoms with Gasteiger partial charge in [-0.3, -0.25) is 0 Å². The van der Waals surface area contributed by atoms with E-state index < -0.39 is 28.3 Å². The zero-order valence-corrected chi connectivity index (χ0v) is 12.0. The van der Waals surface area contributed by atoms with E-state index in [2.05, 4.69) is 4.72 Å². The van der Waals surface area contributed by atoms with Gasteiger partial charge < -0.3 is 0 Å². The Kier molecular flexibility index (Phi) is 5.79. The molecule has 0 saturated heterocycles. The van der Waals surface area contributed by atoms with E-state index in [0.29, 0.717) is 0 Å². The van der Waals surface area contributed by atoms with Gasteiger partial charge in [0.05, 0.1) is 12.0 Å². The lowest BCUT2D eigenvalue weighted by atomic mass is 9.86. The van der Waals surface area contributed by atoms with Crippen molar-refractivity contribution in [2.75, 3.05) is 13.6 Å². The number of alkyl halides is 3. The fraction of sp³-hybridized carbons (Fsp3) is 0.909. The number of nitrogens with one attached hydrogen (secondary N) is 1. The van der Waals surface area contributed by atoms with E-state index in [9.17, 15) is 21.6 Å². The molecule has 5 nitrogen and oxygen atoms in total. The van der Waals surface area contributed by atoms with Gasteiger partial charge in [0.1, 0.15) is 0 Å². The van der Waals surface area contributed by atoms with Crippen molar-refractivity contribution in [3.63, 3.8) is 0 Å². The van der Waals surface area contributed by atoms with Gasteiger partial charge in [0, 0.05) is 26.1 Å². The van der Waals surface area contributed by atoms with Crippen molar-refractivity contribution < 1.29 is 21.6 Å². The minimum absolute atomic E-state index is 0.0569. The van der Waals surface area contributed by atoms with Gasteiger partial charge in [-0.1, -0.05) is 0 Å². The van der Waals surface area contributed by atoms with E-state index in [1.54, 1.807) is 0 Å². The normalized spacial score (nSPS) is 24.6. The summed E-state index contributed by atoms with van der Waals surface area (Å²) in [5.74, 6) is -1.33. The van der Waals surface area contributed by atoms with Crippen molar-refractivity contribution in [2.45, 2.75) is 44.3 Å². The molecule has 0 aromatic rings. The van der Waals surface area contributed by atoms with Gasteiger partial charge in [0.2, 0.25) is 0 Å². The third kappa shape index (κ3) is 4.92. The summed E-state index contributed by atoms with van der Waals surface area (Å²) in [6.07, 6.45) is -3.89. The van der Waals surface area contributed by atoms with Crippen LogP contribution in [-0.4, -0.2) is 38.5 Å². The monoisotopic (exact) mass is 313 g/mol. The van der Waals surface area contributed by atoms with E-state index in [1.807, 2.05) is 6.07 Å². The van der Waals surface area contributed by atoms with Crippen LogP contribution in [0.4, 0.5) is 13.2 Å². The molecule has 0 amide bonds. The van der Waals surface area contributed by atoms with Crippen LogP contribution in [0.3, 0.4) is 0 Å². The Morgan fingerprint density at radius 2 is 1.85 bits per heavy atom. The summed E-state index contributed by atoms with van der Waals surface area (Å²) < 4.78 is 64.6. The number of nitrogens with zero attached hydrogens (tertiary/aromatic N) is 2. The molecule has 0 aliphatic heterocycles. The highest BCUT2D eigenvalue weighted by molar-refractivity contribution is 7.87. The fourth-order valence-electron chi connectivity index (χ4n) is 2.17. The van der Waals surface area contributed by atoms with Crippen LogP contribution in [0.2, 0.25) is 0 Å². The number of rotatable bonds is 5. The van der Waals surface area contributed by atoms with Crippen LogP contribution in [-0.2, 0) is 10.2 Å². The van der Waals surface area contributed by atoms with Gasteiger partial charge >= 0.3 is 6.18 Å². The number of nitriles is 1. The van der Waals surface area contributed by atoms with Gasteiger partial charge in [-0.15, -0.1) is 0 Å². The molecule has 1 fully saturated rings. The maximum absolute atomic E-state index is 12.5. The Bertz CT molecular complexity index is 451. The lowest BCUT2D eigenvalue weighted by Gasteiger charge is -2.31. The second-order valence-electron chi connectivity index (χ2n) is 4.94. The lowest BCUT2D eigenvalue weighted by molar-refractivity contribution is -0.182. The topological polar surface area (TPSA) is 73.2 Å². The molecule has 0 atom stereocenters. The van der Waals surface area contributed by atoms with E-state index in [-0.39, 0.29) is 38.6 Å². The molecule has 116 valence electrons. The Morgan fingerprint density at radius 3 is 2.30 bits per heavy atom. The minimum Gasteiger partial charge on any atom is -0.199 e. The van der Waals surface area contributed by atoms with Gasteiger partial charge in [0.25, 0.3) is 10.2 Å². The Hall–Kier alpha value is -0.850. The first-order valence-corrected chi connectivity index (χ1v) is 7.78. The second-order valence-corrected chi connectivity index (χ2v) is 6.75. The van der Waals surface area contributed by atoms with Crippen LogP contribution in [0, 0.1) is 17.2 Å². The molecule has 0 unspecified atom stereocenters. The van der Waals surface area contributed by atoms with E-state index in [1.165, 1.54) is 7.05 Å².